The van der Waals surface area contributed by atoms with Crippen LogP contribution in [0.1, 0.15) is 42.7 Å². The van der Waals surface area contributed by atoms with E-state index in [1.807, 2.05) is 67.1 Å². The summed E-state index contributed by atoms with van der Waals surface area (Å²) in [5.41, 5.74) is 3.15. The third-order valence-electron chi connectivity index (χ3n) is 7.31. The quantitative estimate of drug-likeness (QED) is 0.414. The monoisotopic (exact) mass is 485 g/mol. The molecule has 0 radical (unpaired) electrons. The highest BCUT2D eigenvalue weighted by atomic mass is 16.2. The molecule has 1 fully saturated rings. The zero-order valence-corrected chi connectivity index (χ0v) is 21.6. The Morgan fingerprint density at radius 2 is 1.75 bits per heavy atom. The molecule has 5 rings (SSSR count). The molecule has 2 atom stereocenters. The zero-order valence-electron chi connectivity index (χ0n) is 21.6. The SMILES string of the molecule is Cc1ccc(-n2nc(C(=O)NCCCN3C[C@@H](C)C[C@H](C)C3)c3c4ccccc4n(C)c3c2=O)cc1. The third-order valence-corrected chi connectivity index (χ3v) is 7.31. The van der Waals surface area contributed by atoms with Gasteiger partial charge in [-0.25, -0.2) is 0 Å². The van der Waals surface area contributed by atoms with E-state index in [9.17, 15) is 9.59 Å². The van der Waals surface area contributed by atoms with Gasteiger partial charge in [0.1, 0.15) is 5.52 Å². The number of fused-ring (bicyclic) bond motifs is 3. The second-order valence-electron chi connectivity index (χ2n) is 10.5. The Kier molecular flexibility index (Phi) is 6.67. The van der Waals surface area contributed by atoms with Gasteiger partial charge in [-0.15, -0.1) is 0 Å². The Hall–Kier alpha value is -3.45. The Balaban J connectivity index is 1.47. The zero-order chi connectivity index (χ0) is 25.4. The number of aromatic nitrogens is 3. The van der Waals surface area contributed by atoms with E-state index in [1.54, 1.807) is 0 Å². The molecule has 3 heterocycles. The van der Waals surface area contributed by atoms with E-state index in [-0.39, 0.29) is 17.2 Å². The molecule has 1 aliphatic heterocycles. The number of nitrogens with zero attached hydrogens (tertiary/aromatic N) is 4. The number of hydrogen-bond acceptors (Lipinski definition) is 4. The van der Waals surface area contributed by atoms with E-state index < -0.39 is 0 Å². The van der Waals surface area contributed by atoms with Crippen LogP contribution < -0.4 is 10.9 Å². The fourth-order valence-corrected chi connectivity index (χ4v) is 5.76. The first-order valence-corrected chi connectivity index (χ1v) is 12.9. The molecule has 1 saturated heterocycles. The predicted molar refractivity (Wildman–Crippen MR) is 145 cm³/mol. The number of benzene rings is 2. The summed E-state index contributed by atoms with van der Waals surface area (Å²) in [5, 5.41) is 9.17. The molecule has 2 aromatic carbocycles. The minimum absolute atomic E-state index is 0.238. The molecule has 7 heteroatoms. The van der Waals surface area contributed by atoms with Gasteiger partial charge in [0, 0.05) is 43.0 Å². The smallest absolute Gasteiger partial charge is 0.296 e. The van der Waals surface area contributed by atoms with Crippen molar-refractivity contribution in [1.82, 2.24) is 24.6 Å². The maximum atomic E-state index is 13.6. The number of nitrogens with one attached hydrogen (secondary N) is 1. The molecule has 1 amide bonds. The molecule has 1 aliphatic rings. The van der Waals surface area contributed by atoms with Crippen molar-refractivity contribution in [3.63, 3.8) is 0 Å². The third kappa shape index (κ3) is 4.55. The van der Waals surface area contributed by atoms with Crippen LogP contribution in [0.5, 0.6) is 0 Å². The minimum Gasteiger partial charge on any atom is -0.351 e. The molecule has 7 nitrogen and oxygen atoms in total. The number of hydrogen-bond donors (Lipinski definition) is 1. The first-order valence-electron chi connectivity index (χ1n) is 12.9. The molecule has 0 bridgehead atoms. The molecular formula is C29H35N5O2. The first kappa shape index (κ1) is 24.3. The normalized spacial score (nSPS) is 18.7. The Labute approximate surface area is 211 Å². The molecule has 0 unspecified atom stereocenters. The van der Waals surface area contributed by atoms with Gasteiger partial charge >= 0.3 is 0 Å². The van der Waals surface area contributed by atoms with Gasteiger partial charge in [0.15, 0.2) is 5.69 Å². The maximum absolute atomic E-state index is 13.6. The number of likely N-dealkylation sites (tertiary alicyclic amines) is 1. The van der Waals surface area contributed by atoms with Crippen LogP contribution in [0.15, 0.2) is 53.3 Å². The summed E-state index contributed by atoms with van der Waals surface area (Å²) in [5.74, 6) is 1.18. The lowest BCUT2D eigenvalue weighted by Crippen LogP contribution is -2.40. The van der Waals surface area contributed by atoms with Crippen LogP contribution in [-0.2, 0) is 7.05 Å². The average molecular weight is 486 g/mol. The van der Waals surface area contributed by atoms with Gasteiger partial charge in [-0.3, -0.25) is 9.59 Å². The maximum Gasteiger partial charge on any atom is 0.296 e. The highest BCUT2D eigenvalue weighted by Gasteiger charge is 2.24. The fourth-order valence-electron chi connectivity index (χ4n) is 5.76. The van der Waals surface area contributed by atoms with Crippen LogP contribution in [0.2, 0.25) is 0 Å². The standard InChI is InChI=1S/C29H35N5O2/c1-19-10-12-22(13-11-19)34-29(36)27-25(23-8-5-6-9-24(23)32(27)4)26(31-34)28(35)30-14-7-15-33-17-20(2)16-21(3)18-33/h5-6,8-13,20-21H,7,14-18H2,1-4H3,(H,30,35)/t20-,21-/m0/s1. The van der Waals surface area contributed by atoms with Gasteiger partial charge in [-0.05, 0) is 56.3 Å². The Morgan fingerprint density at radius 3 is 2.47 bits per heavy atom. The number of piperidine rings is 1. The molecule has 1 N–H and O–H groups in total. The van der Waals surface area contributed by atoms with Crippen molar-refractivity contribution >= 4 is 27.7 Å². The minimum atomic E-state index is -0.252. The summed E-state index contributed by atoms with van der Waals surface area (Å²) in [6.45, 7) is 10.4. The number of aryl methyl sites for hydroxylation is 2. The summed E-state index contributed by atoms with van der Waals surface area (Å²) in [6.07, 6.45) is 2.16. The van der Waals surface area contributed by atoms with E-state index in [4.69, 9.17) is 0 Å². The van der Waals surface area contributed by atoms with Crippen molar-refractivity contribution in [3.05, 3.63) is 70.1 Å². The second kappa shape index (κ2) is 9.90. The van der Waals surface area contributed by atoms with Gasteiger partial charge in [-0.2, -0.15) is 9.78 Å². The predicted octanol–water partition coefficient (Wildman–Crippen LogP) is 4.28. The fraction of sp³-hybridized carbons (Fsp3) is 0.414. The molecule has 0 saturated carbocycles. The summed E-state index contributed by atoms with van der Waals surface area (Å²) >= 11 is 0. The van der Waals surface area contributed by atoms with Crippen molar-refractivity contribution in [2.75, 3.05) is 26.2 Å². The van der Waals surface area contributed by atoms with E-state index in [2.05, 4.69) is 29.2 Å². The van der Waals surface area contributed by atoms with Gasteiger partial charge in [0.2, 0.25) is 0 Å². The van der Waals surface area contributed by atoms with Crippen LogP contribution >= 0.6 is 0 Å². The Bertz CT molecular complexity index is 1460. The van der Waals surface area contributed by atoms with Gasteiger partial charge in [0.25, 0.3) is 11.5 Å². The van der Waals surface area contributed by atoms with E-state index in [1.165, 1.54) is 11.1 Å². The number of carbonyl (C=O) groups is 1. The summed E-state index contributed by atoms with van der Waals surface area (Å²) in [4.78, 5) is 29.6. The van der Waals surface area contributed by atoms with Crippen molar-refractivity contribution in [2.24, 2.45) is 18.9 Å². The lowest BCUT2D eigenvalue weighted by atomic mass is 9.92. The number of carbonyl (C=O) groups excluding carboxylic acids is 1. The van der Waals surface area contributed by atoms with Gasteiger partial charge in [0.05, 0.1) is 5.69 Å². The number of amides is 1. The molecule has 2 aromatic heterocycles. The van der Waals surface area contributed by atoms with Crippen molar-refractivity contribution in [2.45, 2.75) is 33.6 Å². The molecule has 4 aromatic rings. The Morgan fingerprint density at radius 1 is 1.06 bits per heavy atom. The lowest BCUT2D eigenvalue weighted by Gasteiger charge is -2.34. The van der Waals surface area contributed by atoms with Gasteiger partial charge < -0.3 is 14.8 Å². The first-order chi connectivity index (χ1) is 17.3. The highest BCUT2D eigenvalue weighted by molar-refractivity contribution is 6.16. The summed E-state index contributed by atoms with van der Waals surface area (Å²) in [6, 6.07) is 15.4. The van der Waals surface area contributed by atoms with E-state index in [0.29, 0.717) is 23.1 Å². The lowest BCUT2D eigenvalue weighted by molar-refractivity contribution is 0.0942. The van der Waals surface area contributed by atoms with Crippen molar-refractivity contribution < 1.29 is 4.79 Å². The second-order valence-corrected chi connectivity index (χ2v) is 10.5. The van der Waals surface area contributed by atoms with Gasteiger partial charge in [-0.1, -0.05) is 49.7 Å². The molecule has 188 valence electrons. The summed E-state index contributed by atoms with van der Waals surface area (Å²) in [7, 11) is 1.87. The van der Waals surface area contributed by atoms with Crippen LogP contribution in [0.25, 0.3) is 27.5 Å². The molecule has 0 spiro atoms. The molecular weight excluding hydrogens is 450 g/mol. The number of rotatable bonds is 6. The van der Waals surface area contributed by atoms with Crippen molar-refractivity contribution in [3.8, 4) is 5.69 Å². The largest absolute Gasteiger partial charge is 0.351 e. The van der Waals surface area contributed by atoms with E-state index in [0.717, 1.165) is 54.4 Å². The van der Waals surface area contributed by atoms with Crippen LogP contribution in [0.4, 0.5) is 0 Å². The van der Waals surface area contributed by atoms with Crippen LogP contribution in [-0.4, -0.2) is 51.3 Å². The van der Waals surface area contributed by atoms with E-state index >= 15 is 0 Å². The molecule has 36 heavy (non-hydrogen) atoms. The van der Waals surface area contributed by atoms with Crippen LogP contribution in [0, 0.1) is 18.8 Å². The van der Waals surface area contributed by atoms with Crippen LogP contribution in [0.3, 0.4) is 0 Å². The average Bonchev–Trinajstić information content (AvgIpc) is 3.15. The molecule has 0 aliphatic carbocycles. The highest BCUT2D eigenvalue weighted by Crippen LogP contribution is 2.28. The number of para-hydroxylation sites is 1. The topological polar surface area (TPSA) is 72.2 Å². The summed E-state index contributed by atoms with van der Waals surface area (Å²) < 4.78 is 3.22. The van der Waals surface area contributed by atoms with Crippen molar-refractivity contribution in [1.29, 1.82) is 0 Å².